The fraction of sp³-hybridized carbons (Fsp3) is 0.794. The number of aliphatic hydroxyl groups excluding tert-OH is 2. The molecule has 1 aromatic heterocycles. The zero-order valence-corrected chi connectivity index (χ0v) is 26.2. The van der Waals surface area contributed by atoms with Gasteiger partial charge in [0.1, 0.15) is 30.2 Å². The third kappa shape index (κ3) is 3.28. The molecule has 10 heteroatoms. The van der Waals surface area contributed by atoms with Crippen LogP contribution in [0.1, 0.15) is 90.6 Å². The van der Waals surface area contributed by atoms with Gasteiger partial charge in [-0.15, -0.1) is 0 Å². The molecule has 3 saturated carbocycles. The van der Waals surface area contributed by atoms with Gasteiger partial charge >= 0.3 is 11.9 Å². The summed E-state index contributed by atoms with van der Waals surface area (Å²) in [5.41, 5.74) is -4.16. The fourth-order valence-electron chi connectivity index (χ4n) is 11.8. The molecule has 2 spiro atoms. The highest BCUT2D eigenvalue weighted by Gasteiger charge is 2.90. The van der Waals surface area contributed by atoms with Crippen molar-refractivity contribution in [3.63, 3.8) is 0 Å². The molecule has 2 N–H and O–H groups in total. The minimum absolute atomic E-state index is 0.0304. The Labute approximate surface area is 257 Å². The number of hydrogen-bond acceptors (Lipinski definition) is 10. The van der Waals surface area contributed by atoms with Crippen molar-refractivity contribution in [1.82, 2.24) is 0 Å². The lowest BCUT2D eigenvalue weighted by atomic mass is 9.36. The van der Waals surface area contributed by atoms with Crippen LogP contribution >= 0.6 is 0 Å². The van der Waals surface area contributed by atoms with Crippen LogP contribution in [0.15, 0.2) is 16.7 Å². The van der Waals surface area contributed by atoms with Gasteiger partial charge in [0, 0.05) is 28.2 Å². The maximum absolute atomic E-state index is 14.4. The Balaban J connectivity index is 1.22. The number of cyclic esters (lactones) is 2. The lowest BCUT2D eigenvalue weighted by Gasteiger charge is -2.66. The normalized spacial score (nSPS) is 52.1. The molecule has 13 atom stereocenters. The molecule has 44 heavy (non-hydrogen) atoms. The van der Waals surface area contributed by atoms with Gasteiger partial charge in [-0.25, -0.2) is 4.79 Å². The quantitative estimate of drug-likeness (QED) is 0.385. The van der Waals surface area contributed by atoms with Crippen LogP contribution in [0.5, 0.6) is 0 Å². The van der Waals surface area contributed by atoms with Crippen LogP contribution in [0.4, 0.5) is 0 Å². The summed E-state index contributed by atoms with van der Waals surface area (Å²) in [5, 5.41) is 22.9. The number of esters is 2. The molecule has 10 nitrogen and oxygen atoms in total. The number of fused-ring (bicyclic) bond motifs is 1. The molecule has 4 aliphatic heterocycles. The third-order valence-electron chi connectivity index (χ3n) is 13.6. The van der Waals surface area contributed by atoms with Crippen LogP contribution in [0, 0.1) is 39.9 Å². The molecule has 0 bridgehead atoms. The summed E-state index contributed by atoms with van der Waals surface area (Å²) in [6.45, 7) is 9.89. The average Bonchev–Trinajstić information content (AvgIpc) is 3.52. The van der Waals surface area contributed by atoms with Gasteiger partial charge in [-0.3, -0.25) is 9.59 Å². The standard InChI is InChI=1S/C34H44O10/c1-16-6-7-19(35)17(12-16)13-20-18(9-11-40-20)27-31(4)10-8-21-32(5,34(31)28(44-34)29(39)42-27)26(38)24(37)25-30(2,3)43-22-14-23(36)41-15-33(21,22)25/h9,11,16-17,19,21-22,25-28,35,38H,6-8,10,12-15H2,1-5H3/t16-,17+,19-,21+,22+,25-,26-,27+,28-,31+,32+,33+,34-/m1/s1. The highest BCUT2D eigenvalue weighted by atomic mass is 16.7. The summed E-state index contributed by atoms with van der Waals surface area (Å²) >= 11 is 0. The Bertz CT molecular complexity index is 1430. The summed E-state index contributed by atoms with van der Waals surface area (Å²) in [5.74, 6) is -0.977. The maximum Gasteiger partial charge on any atom is 0.339 e. The van der Waals surface area contributed by atoms with Crippen molar-refractivity contribution in [2.45, 2.75) is 121 Å². The highest BCUT2D eigenvalue weighted by Crippen LogP contribution is 2.80. The minimum atomic E-state index is -1.42. The van der Waals surface area contributed by atoms with Crippen LogP contribution in [0.25, 0.3) is 0 Å². The molecular weight excluding hydrogens is 568 g/mol. The molecule has 0 aromatic carbocycles. The minimum Gasteiger partial charge on any atom is -0.469 e. The van der Waals surface area contributed by atoms with E-state index in [1.54, 1.807) is 6.26 Å². The largest absolute Gasteiger partial charge is 0.469 e. The van der Waals surface area contributed by atoms with E-state index >= 15 is 0 Å². The Morgan fingerprint density at radius 3 is 2.55 bits per heavy atom. The van der Waals surface area contributed by atoms with Crippen molar-refractivity contribution >= 4 is 17.7 Å². The molecule has 8 rings (SSSR count). The topological polar surface area (TPSA) is 145 Å². The second-order valence-corrected chi connectivity index (χ2v) is 16.0. The van der Waals surface area contributed by atoms with Crippen molar-refractivity contribution in [2.24, 2.45) is 39.9 Å². The second-order valence-electron chi connectivity index (χ2n) is 16.0. The lowest BCUT2D eigenvalue weighted by molar-refractivity contribution is -0.252. The summed E-state index contributed by atoms with van der Waals surface area (Å²) in [4.78, 5) is 40.6. The summed E-state index contributed by atoms with van der Waals surface area (Å²) < 4.78 is 31.0. The monoisotopic (exact) mass is 612 g/mol. The van der Waals surface area contributed by atoms with E-state index in [-0.39, 0.29) is 36.6 Å². The van der Waals surface area contributed by atoms with Gasteiger partial charge in [0.2, 0.25) is 0 Å². The zero-order chi connectivity index (χ0) is 31.2. The number of ether oxygens (including phenoxy) is 4. The third-order valence-corrected chi connectivity index (χ3v) is 13.6. The summed E-state index contributed by atoms with van der Waals surface area (Å²) in [6.07, 6.45) is 1.97. The van der Waals surface area contributed by atoms with Crippen molar-refractivity contribution in [3.8, 4) is 0 Å². The number of rotatable bonds is 3. The van der Waals surface area contributed by atoms with Gasteiger partial charge in [0.05, 0.1) is 36.4 Å². The predicted octanol–water partition coefficient (Wildman–Crippen LogP) is 3.45. The SMILES string of the molecule is C[C@@H]1CC[C@@H](O)[C@H](Cc2occc2[C@@H]2OC(=O)[C@H]3O[C@]34[C@]3(C)[C@H](O)C(=O)[C@@H]5C(C)(C)O[C@H]6CC(=O)OC[C@]65[C@H]3CC[C@@]24C)C1. The number of Topliss-reactive ketones (excluding diaryl/α,β-unsaturated/α-hetero) is 1. The Hall–Kier alpha value is -2.27. The number of epoxide rings is 1. The molecular formula is C34H44O10. The highest BCUT2D eigenvalue weighted by molar-refractivity contribution is 5.92. The Morgan fingerprint density at radius 2 is 1.77 bits per heavy atom. The Kier molecular flexibility index (Phi) is 5.93. The molecule has 0 unspecified atom stereocenters. The average molecular weight is 613 g/mol. The van der Waals surface area contributed by atoms with Gasteiger partial charge in [-0.1, -0.05) is 20.8 Å². The molecule has 0 amide bonds. The van der Waals surface area contributed by atoms with Gasteiger partial charge in [-0.2, -0.15) is 0 Å². The van der Waals surface area contributed by atoms with Crippen LogP contribution in [-0.4, -0.2) is 70.2 Å². The number of carbonyl (C=O) groups is 3. The van der Waals surface area contributed by atoms with E-state index in [0.717, 1.165) is 24.8 Å². The van der Waals surface area contributed by atoms with Crippen molar-refractivity contribution in [3.05, 3.63) is 23.7 Å². The number of aliphatic hydroxyl groups is 2. The van der Waals surface area contributed by atoms with Crippen LogP contribution in [0.2, 0.25) is 0 Å². The van der Waals surface area contributed by atoms with Crippen LogP contribution in [-0.2, 0) is 39.8 Å². The molecule has 5 heterocycles. The molecule has 0 radical (unpaired) electrons. The van der Waals surface area contributed by atoms with Crippen molar-refractivity contribution in [1.29, 1.82) is 0 Å². The van der Waals surface area contributed by atoms with Crippen LogP contribution < -0.4 is 0 Å². The second kappa shape index (κ2) is 8.96. The molecule has 7 aliphatic rings. The molecule has 1 aromatic rings. The van der Waals surface area contributed by atoms with Crippen LogP contribution in [0.3, 0.4) is 0 Å². The van der Waals surface area contributed by atoms with Gasteiger partial charge in [0.15, 0.2) is 11.9 Å². The Morgan fingerprint density at radius 1 is 1.00 bits per heavy atom. The van der Waals surface area contributed by atoms with Crippen molar-refractivity contribution < 1.29 is 48.0 Å². The summed E-state index contributed by atoms with van der Waals surface area (Å²) in [7, 11) is 0. The van der Waals surface area contributed by atoms with E-state index in [4.69, 9.17) is 23.4 Å². The fourth-order valence-corrected chi connectivity index (χ4v) is 11.8. The van der Waals surface area contributed by atoms with Crippen molar-refractivity contribution in [2.75, 3.05) is 6.61 Å². The number of furan rings is 1. The molecule has 3 aliphatic carbocycles. The van der Waals surface area contributed by atoms with E-state index in [1.807, 2.05) is 33.8 Å². The smallest absolute Gasteiger partial charge is 0.339 e. The first kappa shape index (κ1) is 29.2. The zero-order valence-electron chi connectivity index (χ0n) is 26.2. The first-order valence-electron chi connectivity index (χ1n) is 16.4. The van der Waals surface area contributed by atoms with E-state index in [1.165, 1.54) is 0 Å². The van der Waals surface area contributed by atoms with Gasteiger partial charge in [0.25, 0.3) is 0 Å². The first-order chi connectivity index (χ1) is 20.7. The number of carbonyl (C=O) groups excluding carboxylic acids is 3. The summed E-state index contributed by atoms with van der Waals surface area (Å²) in [6, 6.07) is 1.85. The van der Waals surface area contributed by atoms with Gasteiger partial charge < -0.3 is 33.6 Å². The van der Waals surface area contributed by atoms with E-state index < -0.39 is 69.9 Å². The van der Waals surface area contributed by atoms with E-state index in [0.29, 0.717) is 30.9 Å². The predicted molar refractivity (Wildman–Crippen MR) is 152 cm³/mol. The molecule has 4 saturated heterocycles. The maximum atomic E-state index is 14.4. The van der Waals surface area contributed by atoms with Gasteiger partial charge in [-0.05, 0) is 69.8 Å². The van der Waals surface area contributed by atoms with E-state index in [9.17, 15) is 24.6 Å². The molecule has 7 fully saturated rings. The number of hydrogen-bond donors (Lipinski definition) is 2. The number of ketones is 1. The first-order valence-corrected chi connectivity index (χ1v) is 16.4. The lowest BCUT2D eigenvalue weighted by Crippen LogP contribution is -2.76. The van der Waals surface area contributed by atoms with E-state index in [2.05, 4.69) is 6.92 Å². The molecule has 240 valence electrons.